The number of nitrogens with zero attached hydrogens (tertiary/aromatic N) is 4. The molecule has 0 spiro atoms. The highest BCUT2D eigenvalue weighted by atomic mass is 19.4. The molecule has 0 aromatic heterocycles. The first-order chi connectivity index (χ1) is 21.2. The van der Waals surface area contributed by atoms with Gasteiger partial charge in [0, 0.05) is 59.2 Å². The van der Waals surface area contributed by atoms with Crippen LogP contribution in [0.1, 0.15) is 36.0 Å². The van der Waals surface area contributed by atoms with Gasteiger partial charge in [0.2, 0.25) is 0 Å². The normalized spacial score (nSPS) is 24.8. The maximum Gasteiger partial charge on any atom is 0.416 e. The van der Waals surface area contributed by atoms with Crippen LogP contribution < -0.4 is 4.90 Å². The summed E-state index contributed by atoms with van der Waals surface area (Å²) >= 11 is 0. The number of hydrogen-bond acceptors (Lipinski definition) is 5. The smallest absolute Gasteiger partial charge is 0.381 e. The summed E-state index contributed by atoms with van der Waals surface area (Å²) in [6, 6.07) is 9.29. The van der Waals surface area contributed by atoms with E-state index >= 15 is 4.39 Å². The van der Waals surface area contributed by atoms with Crippen LogP contribution in [0.3, 0.4) is 0 Å². The van der Waals surface area contributed by atoms with Gasteiger partial charge in [-0.05, 0) is 48.6 Å². The van der Waals surface area contributed by atoms with Crippen molar-refractivity contribution in [2.24, 2.45) is 0 Å². The summed E-state index contributed by atoms with van der Waals surface area (Å²) in [5.41, 5.74) is 1.41. The number of hydrogen-bond donors (Lipinski definition) is 0. The van der Waals surface area contributed by atoms with E-state index in [0.29, 0.717) is 37.4 Å². The third kappa shape index (κ3) is 5.84. The summed E-state index contributed by atoms with van der Waals surface area (Å²) in [7, 11) is 3.26. The van der Waals surface area contributed by atoms with Crippen molar-refractivity contribution in [2.75, 3.05) is 45.3 Å². The Morgan fingerprint density at radius 3 is 2.39 bits per heavy atom. The van der Waals surface area contributed by atoms with Crippen LogP contribution in [0, 0.1) is 5.82 Å². The van der Waals surface area contributed by atoms with Crippen LogP contribution in [0.25, 0.3) is 0 Å². The fraction of sp³-hybridized carbons (Fsp3) is 0.485. The first kappa shape index (κ1) is 30.6. The Morgan fingerprint density at radius 1 is 0.909 bits per heavy atom. The molecule has 0 radical (unpaired) electrons. The van der Waals surface area contributed by atoms with Crippen molar-refractivity contribution in [1.82, 2.24) is 14.7 Å². The van der Waals surface area contributed by atoms with Crippen molar-refractivity contribution in [2.45, 2.75) is 62.8 Å². The number of ether oxygens (including phenoxy) is 2. The number of alkyl halides is 3. The molecular formula is C33H38F4N4O3. The molecular weight excluding hydrogens is 576 g/mol. The van der Waals surface area contributed by atoms with Crippen molar-refractivity contribution in [3.05, 3.63) is 88.9 Å². The lowest BCUT2D eigenvalue weighted by molar-refractivity contribution is -0.138. The highest BCUT2D eigenvalue weighted by Crippen LogP contribution is 2.40. The maximum atomic E-state index is 15.5. The minimum absolute atomic E-state index is 0.0255. The molecule has 7 nitrogen and oxygen atoms in total. The number of fused-ring (bicyclic) bond motifs is 1. The molecule has 44 heavy (non-hydrogen) atoms. The summed E-state index contributed by atoms with van der Waals surface area (Å²) in [5.74, 6) is -0.301. The zero-order valence-electron chi connectivity index (χ0n) is 25.0. The standard InChI is InChI=1S/C33H38F4N4O3/c1-43-25-14-16-38(17-15-25)19-23-8-5-10-27(34)30(23)39-18-13-24(21-39)41-28-11-6-12-29(44-2)31(28)40(32(41)42)20-22-7-3-4-9-26(22)33(35,36)37/h3-12,24-25,29,31H,13-21H2,1-2H3/t24-,29?,31?/m1/s1. The average molecular weight is 615 g/mol. The fourth-order valence-electron chi connectivity index (χ4n) is 7.16. The van der Waals surface area contributed by atoms with Gasteiger partial charge in [-0.3, -0.25) is 9.80 Å². The molecule has 1 aliphatic carbocycles. The van der Waals surface area contributed by atoms with E-state index in [4.69, 9.17) is 9.47 Å². The molecule has 3 fully saturated rings. The Balaban J connectivity index is 1.25. The van der Waals surface area contributed by atoms with Crippen LogP contribution >= 0.6 is 0 Å². The van der Waals surface area contributed by atoms with Gasteiger partial charge >= 0.3 is 12.2 Å². The monoisotopic (exact) mass is 614 g/mol. The maximum absolute atomic E-state index is 15.5. The molecule has 11 heteroatoms. The molecule has 0 saturated carbocycles. The summed E-state index contributed by atoms with van der Waals surface area (Å²) in [6.45, 7) is 3.10. The van der Waals surface area contributed by atoms with Gasteiger partial charge in [-0.15, -0.1) is 0 Å². The van der Waals surface area contributed by atoms with Crippen LogP contribution in [0.5, 0.6) is 0 Å². The number of amides is 2. The number of para-hydroxylation sites is 1. The fourth-order valence-corrected chi connectivity index (χ4v) is 7.16. The molecule has 3 atom stereocenters. The second-order valence-corrected chi connectivity index (χ2v) is 11.9. The van der Waals surface area contributed by atoms with Gasteiger partial charge in [0.1, 0.15) is 18.0 Å². The number of urea groups is 1. The largest absolute Gasteiger partial charge is 0.416 e. The lowest BCUT2D eigenvalue weighted by atomic mass is 9.99. The number of allylic oxidation sites excluding steroid dienone is 2. The number of halogens is 4. The molecule has 6 rings (SSSR count). The summed E-state index contributed by atoms with van der Waals surface area (Å²) in [5, 5.41) is 0. The zero-order chi connectivity index (χ0) is 31.0. The first-order valence-electron chi connectivity index (χ1n) is 15.1. The third-order valence-corrected chi connectivity index (χ3v) is 9.36. The molecule has 236 valence electrons. The Hall–Kier alpha value is -3.41. The van der Waals surface area contributed by atoms with Gasteiger partial charge < -0.3 is 19.3 Å². The van der Waals surface area contributed by atoms with Crippen LogP contribution in [0.4, 0.5) is 28.0 Å². The van der Waals surface area contributed by atoms with Crippen LogP contribution in [-0.4, -0.2) is 85.4 Å². The molecule has 0 N–H and O–H groups in total. The first-order valence-corrected chi connectivity index (χ1v) is 15.1. The number of carbonyl (C=O) groups excluding carboxylic acids is 1. The van der Waals surface area contributed by atoms with Gasteiger partial charge in [0.25, 0.3) is 0 Å². The lowest BCUT2D eigenvalue weighted by Gasteiger charge is -2.33. The van der Waals surface area contributed by atoms with Crippen LogP contribution in [-0.2, 0) is 28.7 Å². The number of carbonyl (C=O) groups is 1. The molecule has 3 aliphatic heterocycles. The van der Waals surface area contributed by atoms with E-state index in [1.54, 1.807) is 24.1 Å². The van der Waals surface area contributed by atoms with Crippen LogP contribution in [0.15, 0.2) is 66.4 Å². The van der Waals surface area contributed by atoms with Crippen molar-refractivity contribution >= 4 is 11.7 Å². The number of rotatable bonds is 8. The van der Waals surface area contributed by atoms with Crippen molar-refractivity contribution in [1.29, 1.82) is 0 Å². The van der Waals surface area contributed by atoms with E-state index in [0.717, 1.165) is 37.6 Å². The van der Waals surface area contributed by atoms with E-state index in [1.165, 1.54) is 30.2 Å². The van der Waals surface area contributed by atoms with E-state index in [1.807, 2.05) is 29.2 Å². The predicted molar refractivity (Wildman–Crippen MR) is 158 cm³/mol. The molecule has 2 unspecified atom stereocenters. The number of likely N-dealkylation sites (tertiary alicyclic amines) is 1. The number of piperidine rings is 1. The second kappa shape index (κ2) is 12.5. The molecule has 3 saturated heterocycles. The summed E-state index contributed by atoms with van der Waals surface area (Å²) in [6.07, 6.45) is 3.13. The Morgan fingerprint density at radius 2 is 1.66 bits per heavy atom. The van der Waals surface area contributed by atoms with E-state index in [2.05, 4.69) is 4.90 Å². The van der Waals surface area contributed by atoms with E-state index in [-0.39, 0.29) is 36.1 Å². The molecule has 4 aliphatic rings. The predicted octanol–water partition coefficient (Wildman–Crippen LogP) is 5.81. The van der Waals surface area contributed by atoms with Crippen molar-refractivity contribution in [3.63, 3.8) is 0 Å². The van der Waals surface area contributed by atoms with Gasteiger partial charge in [-0.1, -0.05) is 42.5 Å². The highest BCUT2D eigenvalue weighted by molar-refractivity contribution is 5.82. The Bertz CT molecular complexity index is 1420. The van der Waals surface area contributed by atoms with Crippen molar-refractivity contribution in [3.8, 4) is 0 Å². The van der Waals surface area contributed by atoms with Crippen LogP contribution in [0.2, 0.25) is 0 Å². The Kier molecular flexibility index (Phi) is 8.72. The van der Waals surface area contributed by atoms with Gasteiger partial charge in [0.05, 0.1) is 23.4 Å². The average Bonchev–Trinajstić information content (AvgIpc) is 3.59. The van der Waals surface area contributed by atoms with Gasteiger partial charge in [-0.2, -0.15) is 13.2 Å². The molecule has 2 aromatic rings. The van der Waals surface area contributed by atoms with E-state index < -0.39 is 23.9 Å². The third-order valence-electron chi connectivity index (χ3n) is 9.36. The molecule has 0 bridgehead atoms. The van der Waals surface area contributed by atoms with Gasteiger partial charge in [0.15, 0.2) is 0 Å². The molecule has 2 amide bonds. The summed E-state index contributed by atoms with van der Waals surface area (Å²) < 4.78 is 68.2. The second-order valence-electron chi connectivity index (χ2n) is 11.9. The SMILES string of the molecule is COC1CCN(Cc2cccc(F)c2N2CC[C@@H](N3C(=O)N(Cc4ccccc4C(F)(F)F)C4C3=CC=CC4OC)C2)CC1. The van der Waals surface area contributed by atoms with E-state index in [9.17, 15) is 18.0 Å². The molecule has 3 heterocycles. The Labute approximate surface area is 255 Å². The quantitative estimate of drug-likeness (QED) is 0.352. The number of methoxy groups -OCH3 is 2. The lowest BCUT2D eigenvalue weighted by Crippen LogP contribution is -2.42. The zero-order valence-corrected chi connectivity index (χ0v) is 25.0. The van der Waals surface area contributed by atoms with Crippen molar-refractivity contribution < 1.29 is 31.8 Å². The topological polar surface area (TPSA) is 48.5 Å². The highest BCUT2D eigenvalue weighted by Gasteiger charge is 2.50. The number of anilines is 1. The number of benzene rings is 2. The minimum Gasteiger partial charge on any atom is -0.381 e. The minimum atomic E-state index is -4.55. The van der Waals surface area contributed by atoms with Gasteiger partial charge in [-0.25, -0.2) is 9.18 Å². The summed E-state index contributed by atoms with van der Waals surface area (Å²) in [4.78, 5) is 21.6. The molecule has 2 aromatic carbocycles.